The third-order valence-corrected chi connectivity index (χ3v) is 5.29. The molecule has 7 nitrogen and oxygen atoms in total. The van der Waals surface area contributed by atoms with Crippen LogP contribution in [0.3, 0.4) is 0 Å². The van der Waals surface area contributed by atoms with Crippen molar-refractivity contribution in [1.82, 2.24) is 10.2 Å². The highest BCUT2D eigenvalue weighted by Crippen LogP contribution is 2.40. The van der Waals surface area contributed by atoms with Crippen LogP contribution in [0.25, 0.3) is 0 Å². The fraction of sp³-hybridized carbons (Fsp3) is 0.435. The molecule has 2 aromatic rings. The number of guanidine groups is 1. The standard InChI is InChI=1S/C23H31FN4O3.HI/c1-5-25-23(26-16-17-10-11-20(29-2)22(31-4)21(17)30-3)28-14-12-27(13-15-28)19-9-7-6-8-18(19)24;/h6-11H,5,12-16H2,1-4H3,(H,25,26);1H. The number of ether oxygens (including phenoxy) is 3. The summed E-state index contributed by atoms with van der Waals surface area (Å²) in [7, 11) is 4.80. The highest BCUT2D eigenvalue weighted by molar-refractivity contribution is 14.0. The number of methoxy groups -OCH3 is 3. The van der Waals surface area contributed by atoms with E-state index in [-0.39, 0.29) is 29.8 Å². The van der Waals surface area contributed by atoms with Crippen LogP contribution in [-0.2, 0) is 6.54 Å². The zero-order valence-corrected chi connectivity index (χ0v) is 21.4. The van der Waals surface area contributed by atoms with Crippen molar-refractivity contribution in [3.63, 3.8) is 0 Å². The predicted molar refractivity (Wildman–Crippen MR) is 137 cm³/mol. The van der Waals surface area contributed by atoms with Gasteiger partial charge in [0.1, 0.15) is 5.82 Å². The second-order valence-corrected chi connectivity index (χ2v) is 7.09. The van der Waals surface area contributed by atoms with Gasteiger partial charge in [0.15, 0.2) is 17.5 Å². The average molecular weight is 558 g/mol. The average Bonchev–Trinajstić information content (AvgIpc) is 2.81. The van der Waals surface area contributed by atoms with Crippen molar-refractivity contribution < 1.29 is 18.6 Å². The number of halogens is 2. The van der Waals surface area contributed by atoms with Gasteiger partial charge in [-0.3, -0.25) is 0 Å². The first-order valence-corrected chi connectivity index (χ1v) is 10.4. The van der Waals surface area contributed by atoms with E-state index in [1.165, 1.54) is 6.07 Å². The number of aliphatic imine (C=N–C) groups is 1. The smallest absolute Gasteiger partial charge is 0.203 e. The quantitative estimate of drug-likeness (QED) is 0.318. The van der Waals surface area contributed by atoms with Gasteiger partial charge in [-0.1, -0.05) is 12.1 Å². The molecule has 1 aliphatic heterocycles. The fourth-order valence-electron chi connectivity index (χ4n) is 3.74. The minimum Gasteiger partial charge on any atom is -0.493 e. The fourth-order valence-corrected chi connectivity index (χ4v) is 3.74. The van der Waals surface area contributed by atoms with E-state index in [2.05, 4.69) is 15.1 Å². The summed E-state index contributed by atoms with van der Waals surface area (Å²) in [5, 5.41) is 3.36. The molecule has 1 saturated heterocycles. The first-order valence-electron chi connectivity index (χ1n) is 10.4. The number of rotatable bonds is 7. The SMILES string of the molecule is CCNC(=NCc1ccc(OC)c(OC)c1OC)N1CCN(c2ccccc2F)CC1.I. The van der Waals surface area contributed by atoms with E-state index >= 15 is 0 Å². The molecule has 0 amide bonds. The summed E-state index contributed by atoms with van der Waals surface area (Å²) in [5.41, 5.74) is 1.56. The number of hydrogen-bond acceptors (Lipinski definition) is 5. The van der Waals surface area contributed by atoms with Crippen molar-refractivity contribution >= 4 is 35.6 Å². The molecule has 2 aromatic carbocycles. The van der Waals surface area contributed by atoms with Gasteiger partial charge in [-0.25, -0.2) is 9.38 Å². The molecule has 1 heterocycles. The molecule has 3 rings (SSSR count). The van der Waals surface area contributed by atoms with Gasteiger partial charge >= 0.3 is 0 Å². The van der Waals surface area contributed by atoms with Gasteiger partial charge in [0.2, 0.25) is 5.75 Å². The van der Waals surface area contributed by atoms with Crippen LogP contribution in [0.1, 0.15) is 12.5 Å². The van der Waals surface area contributed by atoms with Crippen LogP contribution in [0.4, 0.5) is 10.1 Å². The Morgan fingerprint density at radius 1 is 0.969 bits per heavy atom. The molecule has 9 heteroatoms. The lowest BCUT2D eigenvalue weighted by molar-refractivity contribution is 0.322. The third-order valence-electron chi connectivity index (χ3n) is 5.29. The van der Waals surface area contributed by atoms with Crippen molar-refractivity contribution in [2.75, 3.05) is 59.0 Å². The number of para-hydroxylation sites is 1. The number of nitrogens with one attached hydrogen (secondary N) is 1. The Kier molecular flexibility index (Phi) is 10.1. The highest BCUT2D eigenvalue weighted by Gasteiger charge is 2.22. The molecule has 0 radical (unpaired) electrons. The molecule has 32 heavy (non-hydrogen) atoms. The monoisotopic (exact) mass is 558 g/mol. The van der Waals surface area contributed by atoms with Gasteiger partial charge < -0.3 is 29.3 Å². The Morgan fingerprint density at radius 2 is 1.66 bits per heavy atom. The molecule has 0 atom stereocenters. The Balaban J connectivity index is 0.00000363. The zero-order chi connectivity index (χ0) is 22.2. The largest absolute Gasteiger partial charge is 0.493 e. The van der Waals surface area contributed by atoms with E-state index in [1.54, 1.807) is 27.4 Å². The van der Waals surface area contributed by atoms with Crippen LogP contribution < -0.4 is 24.4 Å². The third kappa shape index (κ3) is 5.87. The van der Waals surface area contributed by atoms with Crippen molar-refractivity contribution in [2.24, 2.45) is 4.99 Å². The number of nitrogens with zero attached hydrogens (tertiary/aromatic N) is 3. The van der Waals surface area contributed by atoms with E-state index in [4.69, 9.17) is 19.2 Å². The molecule has 1 fully saturated rings. The van der Waals surface area contributed by atoms with Crippen molar-refractivity contribution in [2.45, 2.75) is 13.5 Å². The lowest BCUT2D eigenvalue weighted by Gasteiger charge is -2.37. The van der Waals surface area contributed by atoms with Gasteiger partial charge in [0.25, 0.3) is 0 Å². The summed E-state index contributed by atoms with van der Waals surface area (Å²) < 4.78 is 30.5. The van der Waals surface area contributed by atoms with E-state index in [1.807, 2.05) is 31.2 Å². The van der Waals surface area contributed by atoms with Gasteiger partial charge in [-0.15, -0.1) is 24.0 Å². The summed E-state index contributed by atoms with van der Waals surface area (Å²) in [5.74, 6) is 2.43. The molecular weight excluding hydrogens is 526 g/mol. The number of piperazine rings is 1. The second-order valence-electron chi connectivity index (χ2n) is 7.09. The molecule has 1 N–H and O–H groups in total. The number of anilines is 1. The van der Waals surface area contributed by atoms with E-state index in [0.717, 1.165) is 44.2 Å². The molecular formula is C23H32FIN4O3. The lowest BCUT2D eigenvalue weighted by Crippen LogP contribution is -2.52. The van der Waals surface area contributed by atoms with Crippen molar-refractivity contribution in [3.05, 3.63) is 47.8 Å². The summed E-state index contributed by atoms with van der Waals surface area (Å²) >= 11 is 0. The Morgan fingerprint density at radius 3 is 2.25 bits per heavy atom. The summed E-state index contributed by atoms with van der Waals surface area (Å²) in [6.07, 6.45) is 0. The van der Waals surface area contributed by atoms with Gasteiger partial charge in [-0.2, -0.15) is 0 Å². The first kappa shape index (κ1) is 25.8. The highest BCUT2D eigenvalue weighted by atomic mass is 127. The summed E-state index contributed by atoms with van der Waals surface area (Å²) in [6, 6.07) is 10.7. The maximum absolute atomic E-state index is 14.1. The van der Waals surface area contributed by atoms with E-state index in [9.17, 15) is 4.39 Å². The normalized spacial score (nSPS) is 14.0. The Labute approximate surface area is 206 Å². The molecule has 0 spiro atoms. The van der Waals surface area contributed by atoms with Crippen molar-refractivity contribution in [3.8, 4) is 17.2 Å². The molecule has 1 aliphatic rings. The van der Waals surface area contributed by atoms with Gasteiger partial charge in [-0.05, 0) is 31.2 Å². The van der Waals surface area contributed by atoms with Crippen LogP contribution in [0.15, 0.2) is 41.4 Å². The second kappa shape index (κ2) is 12.6. The molecule has 0 aliphatic carbocycles. The topological polar surface area (TPSA) is 58.6 Å². The number of benzene rings is 2. The maximum atomic E-state index is 14.1. The molecule has 0 aromatic heterocycles. The van der Waals surface area contributed by atoms with Crippen LogP contribution in [-0.4, -0.2) is 64.9 Å². The van der Waals surface area contributed by atoms with Gasteiger partial charge in [0, 0.05) is 38.3 Å². The number of hydrogen-bond donors (Lipinski definition) is 1. The molecule has 0 saturated carbocycles. The predicted octanol–water partition coefficient (Wildman–Crippen LogP) is 3.76. The van der Waals surface area contributed by atoms with Crippen LogP contribution in [0, 0.1) is 5.82 Å². The Hall–Kier alpha value is -2.43. The molecule has 176 valence electrons. The lowest BCUT2D eigenvalue weighted by atomic mass is 10.1. The summed E-state index contributed by atoms with van der Waals surface area (Å²) in [6.45, 7) is 6.19. The van der Waals surface area contributed by atoms with E-state index < -0.39 is 0 Å². The minimum absolute atomic E-state index is 0. The summed E-state index contributed by atoms with van der Waals surface area (Å²) in [4.78, 5) is 9.10. The Bertz CT molecular complexity index is 905. The minimum atomic E-state index is -0.183. The molecule has 0 unspecified atom stereocenters. The van der Waals surface area contributed by atoms with Gasteiger partial charge in [0.05, 0.1) is 33.6 Å². The van der Waals surface area contributed by atoms with Crippen LogP contribution >= 0.6 is 24.0 Å². The maximum Gasteiger partial charge on any atom is 0.203 e. The zero-order valence-electron chi connectivity index (χ0n) is 19.1. The van der Waals surface area contributed by atoms with E-state index in [0.29, 0.717) is 29.5 Å². The van der Waals surface area contributed by atoms with Crippen LogP contribution in [0.5, 0.6) is 17.2 Å². The first-order chi connectivity index (χ1) is 15.1. The molecule has 0 bridgehead atoms. The van der Waals surface area contributed by atoms with Crippen molar-refractivity contribution in [1.29, 1.82) is 0 Å². The van der Waals surface area contributed by atoms with Crippen LogP contribution in [0.2, 0.25) is 0 Å².